The molecular formula is C27H27N5O2. The van der Waals surface area contributed by atoms with Gasteiger partial charge in [0.2, 0.25) is 5.91 Å². The minimum atomic E-state index is -0.313. The molecule has 0 aliphatic carbocycles. The highest BCUT2D eigenvalue weighted by Crippen LogP contribution is 2.29. The van der Waals surface area contributed by atoms with Gasteiger partial charge in [0.15, 0.2) is 0 Å². The number of benzene rings is 2. The number of anilines is 1. The first kappa shape index (κ1) is 21.9. The van der Waals surface area contributed by atoms with Crippen LogP contribution in [0, 0.1) is 0 Å². The number of rotatable bonds is 6. The Kier molecular flexibility index (Phi) is 6.10. The maximum Gasteiger partial charge on any atom is 0.255 e. The summed E-state index contributed by atoms with van der Waals surface area (Å²) in [6.07, 6.45) is 7.33. The predicted octanol–water partition coefficient (Wildman–Crippen LogP) is 4.05. The molecule has 1 fully saturated rings. The van der Waals surface area contributed by atoms with Gasteiger partial charge in [-0.05, 0) is 54.3 Å². The van der Waals surface area contributed by atoms with Crippen LogP contribution < -0.4 is 11.1 Å². The van der Waals surface area contributed by atoms with Crippen LogP contribution in [0.4, 0.5) is 5.69 Å². The average molecular weight is 454 g/mol. The SMILES string of the molecule is NC(c1ccc(C(=O)Nc2ccncc2)cc1)C1CCCN1C(=O)Cc1c[nH]c2ccccc12. The summed E-state index contributed by atoms with van der Waals surface area (Å²) in [7, 11) is 0. The number of para-hydroxylation sites is 1. The molecular weight excluding hydrogens is 426 g/mol. The number of aromatic nitrogens is 2. The number of fused-ring (bicyclic) bond motifs is 1. The van der Waals surface area contributed by atoms with Gasteiger partial charge < -0.3 is 20.9 Å². The van der Waals surface area contributed by atoms with Crippen molar-refractivity contribution in [1.29, 1.82) is 0 Å². The van der Waals surface area contributed by atoms with E-state index in [1.807, 2.05) is 47.5 Å². The quantitative estimate of drug-likeness (QED) is 0.410. The molecule has 1 aliphatic heterocycles. The summed E-state index contributed by atoms with van der Waals surface area (Å²) in [6, 6.07) is 18.4. The lowest BCUT2D eigenvalue weighted by molar-refractivity contribution is -0.131. The third-order valence-electron chi connectivity index (χ3n) is 6.55. The van der Waals surface area contributed by atoms with Crippen LogP contribution in [0.15, 0.2) is 79.3 Å². The number of nitrogens with two attached hydrogens (primary N) is 1. The summed E-state index contributed by atoms with van der Waals surface area (Å²) in [5.41, 5.74) is 10.8. The van der Waals surface area contributed by atoms with E-state index >= 15 is 0 Å². The Bertz CT molecular complexity index is 1300. The van der Waals surface area contributed by atoms with Crippen molar-refractivity contribution in [2.24, 2.45) is 5.73 Å². The predicted molar refractivity (Wildman–Crippen MR) is 132 cm³/mol. The Hall–Kier alpha value is -3.97. The number of likely N-dealkylation sites (tertiary alicyclic amines) is 1. The summed E-state index contributed by atoms with van der Waals surface area (Å²) in [5, 5.41) is 3.93. The fourth-order valence-corrected chi connectivity index (χ4v) is 4.74. The van der Waals surface area contributed by atoms with Gasteiger partial charge in [0.05, 0.1) is 18.5 Å². The van der Waals surface area contributed by atoms with E-state index in [0.29, 0.717) is 24.2 Å². The second-order valence-electron chi connectivity index (χ2n) is 8.67. The van der Waals surface area contributed by atoms with Crippen LogP contribution in [-0.2, 0) is 11.2 Å². The van der Waals surface area contributed by atoms with Gasteiger partial charge in [-0.1, -0.05) is 30.3 Å². The molecule has 1 aliphatic rings. The molecule has 2 aromatic carbocycles. The average Bonchev–Trinajstić information content (AvgIpc) is 3.52. The van der Waals surface area contributed by atoms with Crippen LogP contribution in [0.3, 0.4) is 0 Å². The van der Waals surface area contributed by atoms with Crippen molar-refractivity contribution >= 4 is 28.4 Å². The van der Waals surface area contributed by atoms with E-state index in [-0.39, 0.29) is 23.9 Å². The maximum absolute atomic E-state index is 13.2. The van der Waals surface area contributed by atoms with E-state index < -0.39 is 0 Å². The Labute approximate surface area is 198 Å². The van der Waals surface area contributed by atoms with Crippen molar-refractivity contribution < 1.29 is 9.59 Å². The lowest BCUT2D eigenvalue weighted by atomic mass is 9.96. The second-order valence-corrected chi connectivity index (χ2v) is 8.67. The van der Waals surface area contributed by atoms with Gasteiger partial charge in [0, 0.05) is 47.3 Å². The van der Waals surface area contributed by atoms with Crippen molar-refractivity contribution in [2.45, 2.75) is 31.3 Å². The Morgan fingerprint density at radius 1 is 1.09 bits per heavy atom. The molecule has 3 heterocycles. The summed E-state index contributed by atoms with van der Waals surface area (Å²) >= 11 is 0. The van der Waals surface area contributed by atoms with Gasteiger partial charge in [0.25, 0.3) is 5.91 Å². The van der Waals surface area contributed by atoms with E-state index in [9.17, 15) is 9.59 Å². The number of aromatic amines is 1. The molecule has 2 atom stereocenters. The first-order chi connectivity index (χ1) is 16.6. The zero-order valence-electron chi connectivity index (χ0n) is 18.8. The van der Waals surface area contributed by atoms with Crippen molar-refractivity contribution in [3.63, 3.8) is 0 Å². The number of hydrogen-bond donors (Lipinski definition) is 3. The lowest BCUT2D eigenvalue weighted by Crippen LogP contribution is -2.42. The van der Waals surface area contributed by atoms with Crippen LogP contribution >= 0.6 is 0 Å². The molecule has 5 rings (SSSR count). The molecule has 0 radical (unpaired) electrons. The fourth-order valence-electron chi connectivity index (χ4n) is 4.74. The summed E-state index contributed by atoms with van der Waals surface area (Å²) in [4.78, 5) is 34.9. The smallest absolute Gasteiger partial charge is 0.255 e. The van der Waals surface area contributed by atoms with E-state index in [4.69, 9.17) is 5.73 Å². The van der Waals surface area contributed by atoms with Gasteiger partial charge in [-0.15, -0.1) is 0 Å². The van der Waals surface area contributed by atoms with Crippen molar-refractivity contribution in [1.82, 2.24) is 14.9 Å². The van der Waals surface area contributed by atoms with Crippen LogP contribution in [-0.4, -0.2) is 39.3 Å². The summed E-state index contributed by atoms with van der Waals surface area (Å²) in [5.74, 6) is -0.0984. The van der Waals surface area contributed by atoms with Crippen molar-refractivity contribution in [2.75, 3.05) is 11.9 Å². The van der Waals surface area contributed by atoms with Crippen molar-refractivity contribution in [3.8, 4) is 0 Å². The third kappa shape index (κ3) is 4.43. The lowest BCUT2D eigenvalue weighted by Gasteiger charge is -2.30. The Morgan fingerprint density at radius 2 is 1.85 bits per heavy atom. The number of carbonyl (C=O) groups excluding carboxylic acids is 2. The number of nitrogens with one attached hydrogen (secondary N) is 2. The second kappa shape index (κ2) is 9.49. The molecule has 2 unspecified atom stereocenters. The van der Waals surface area contributed by atoms with Gasteiger partial charge in [-0.25, -0.2) is 0 Å². The van der Waals surface area contributed by atoms with E-state index in [2.05, 4.69) is 15.3 Å². The molecule has 7 heteroatoms. The van der Waals surface area contributed by atoms with E-state index in [0.717, 1.165) is 34.9 Å². The minimum absolute atomic E-state index is 0.0609. The Morgan fingerprint density at radius 3 is 2.65 bits per heavy atom. The number of H-pyrrole nitrogens is 1. The van der Waals surface area contributed by atoms with Crippen LogP contribution in [0.25, 0.3) is 10.9 Å². The molecule has 7 nitrogen and oxygen atoms in total. The molecule has 172 valence electrons. The third-order valence-corrected chi connectivity index (χ3v) is 6.55. The highest BCUT2D eigenvalue weighted by atomic mass is 16.2. The monoisotopic (exact) mass is 453 g/mol. The van der Waals surface area contributed by atoms with E-state index in [1.54, 1.807) is 36.7 Å². The highest BCUT2D eigenvalue weighted by molar-refractivity contribution is 6.04. The van der Waals surface area contributed by atoms with Crippen LogP contribution in [0.5, 0.6) is 0 Å². The van der Waals surface area contributed by atoms with E-state index in [1.165, 1.54) is 0 Å². The van der Waals surface area contributed by atoms with Crippen molar-refractivity contribution in [3.05, 3.63) is 95.9 Å². The minimum Gasteiger partial charge on any atom is -0.361 e. The van der Waals surface area contributed by atoms with Gasteiger partial charge in [0.1, 0.15) is 0 Å². The molecule has 2 amide bonds. The standard InChI is InChI=1S/C27H27N5O2/c28-26(18-7-9-19(10-8-18)27(34)31-21-11-13-29-14-12-21)24-6-3-15-32(24)25(33)16-20-17-30-23-5-2-1-4-22(20)23/h1-2,4-5,7-14,17,24,26,30H,3,6,15-16,28H2,(H,29,31,34). The first-order valence-electron chi connectivity index (χ1n) is 11.5. The first-order valence-corrected chi connectivity index (χ1v) is 11.5. The molecule has 0 bridgehead atoms. The highest BCUT2D eigenvalue weighted by Gasteiger charge is 2.34. The molecule has 2 aromatic heterocycles. The fraction of sp³-hybridized carbons (Fsp3) is 0.222. The maximum atomic E-state index is 13.2. The topological polar surface area (TPSA) is 104 Å². The molecule has 4 aromatic rings. The molecule has 1 saturated heterocycles. The van der Waals surface area contributed by atoms with Gasteiger partial charge in [-0.3, -0.25) is 14.6 Å². The molecule has 0 spiro atoms. The number of carbonyl (C=O) groups is 2. The zero-order chi connectivity index (χ0) is 23.5. The van der Waals surface area contributed by atoms with Gasteiger partial charge >= 0.3 is 0 Å². The molecule has 4 N–H and O–H groups in total. The number of nitrogens with zero attached hydrogens (tertiary/aromatic N) is 2. The van der Waals surface area contributed by atoms with Crippen LogP contribution in [0.1, 0.15) is 40.4 Å². The van der Waals surface area contributed by atoms with Gasteiger partial charge in [-0.2, -0.15) is 0 Å². The summed E-state index contributed by atoms with van der Waals surface area (Å²) < 4.78 is 0. The molecule has 34 heavy (non-hydrogen) atoms. The zero-order valence-corrected chi connectivity index (χ0v) is 18.8. The largest absolute Gasteiger partial charge is 0.361 e. The number of pyridine rings is 1. The number of hydrogen-bond acceptors (Lipinski definition) is 4. The summed E-state index contributed by atoms with van der Waals surface area (Å²) in [6.45, 7) is 0.714. The Balaban J connectivity index is 1.26. The normalized spacial score (nSPS) is 16.5. The van der Waals surface area contributed by atoms with Crippen LogP contribution in [0.2, 0.25) is 0 Å². The molecule has 0 saturated carbocycles. The number of amides is 2.